The molecule has 1 unspecified atom stereocenters. The fraction of sp³-hybridized carbons (Fsp3) is 0.278. The van der Waals surface area contributed by atoms with Crippen LogP contribution in [0.1, 0.15) is 23.1 Å². The van der Waals surface area contributed by atoms with Crippen LogP contribution < -0.4 is 10.1 Å². The Bertz CT molecular complexity index is 679. The number of hydrogen-bond donors (Lipinski definition) is 1. The summed E-state index contributed by atoms with van der Waals surface area (Å²) in [5.74, 6) is 0.762. The Labute approximate surface area is 124 Å². The van der Waals surface area contributed by atoms with Crippen molar-refractivity contribution in [3.05, 3.63) is 59.2 Å². The van der Waals surface area contributed by atoms with E-state index in [1.54, 1.807) is 0 Å². The molecule has 0 bridgehead atoms. The van der Waals surface area contributed by atoms with Crippen LogP contribution in [0, 0.1) is 13.8 Å². The number of fused-ring (bicyclic) bond motifs is 1. The second-order valence-electron chi connectivity index (χ2n) is 5.62. The van der Waals surface area contributed by atoms with E-state index in [0.717, 1.165) is 29.0 Å². The van der Waals surface area contributed by atoms with Crippen molar-refractivity contribution in [2.45, 2.75) is 32.8 Å². The van der Waals surface area contributed by atoms with Crippen LogP contribution in [0.2, 0.25) is 0 Å². The van der Waals surface area contributed by atoms with E-state index < -0.39 is 6.10 Å². The van der Waals surface area contributed by atoms with Gasteiger partial charge in [-0.15, -0.1) is 0 Å². The molecule has 0 fully saturated rings. The molecule has 1 aliphatic rings. The molecule has 1 heterocycles. The van der Waals surface area contributed by atoms with E-state index in [4.69, 9.17) is 4.74 Å². The highest BCUT2D eigenvalue weighted by Crippen LogP contribution is 2.29. The summed E-state index contributed by atoms with van der Waals surface area (Å²) in [6.07, 6.45) is 1.18. The number of aryl methyl sites for hydroxylation is 3. The van der Waals surface area contributed by atoms with Crippen molar-refractivity contribution in [3.63, 3.8) is 0 Å². The largest absolute Gasteiger partial charge is 0.480 e. The third-order valence-corrected chi connectivity index (χ3v) is 3.75. The lowest BCUT2D eigenvalue weighted by Gasteiger charge is -2.25. The minimum absolute atomic E-state index is 0.0762. The van der Waals surface area contributed by atoms with Gasteiger partial charge in [0.1, 0.15) is 5.75 Å². The smallest absolute Gasteiger partial charge is 0.265 e. The second-order valence-corrected chi connectivity index (χ2v) is 5.62. The Morgan fingerprint density at radius 1 is 1.14 bits per heavy atom. The molecule has 3 rings (SSSR count). The Morgan fingerprint density at radius 2 is 1.95 bits per heavy atom. The quantitative estimate of drug-likeness (QED) is 0.912. The van der Waals surface area contributed by atoms with E-state index in [9.17, 15) is 4.79 Å². The van der Waals surface area contributed by atoms with Gasteiger partial charge in [0, 0.05) is 5.69 Å². The number of nitrogens with one attached hydrogen (secondary N) is 1. The lowest BCUT2D eigenvalue weighted by atomic mass is 10.0. The molecule has 1 atom stereocenters. The van der Waals surface area contributed by atoms with Crippen LogP contribution in [0.25, 0.3) is 0 Å². The topological polar surface area (TPSA) is 38.3 Å². The van der Waals surface area contributed by atoms with E-state index >= 15 is 0 Å². The van der Waals surface area contributed by atoms with E-state index in [0.29, 0.717) is 6.42 Å². The third-order valence-electron chi connectivity index (χ3n) is 3.75. The van der Waals surface area contributed by atoms with Crippen molar-refractivity contribution in [3.8, 4) is 5.75 Å². The van der Waals surface area contributed by atoms with E-state index in [1.807, 2.05) is 44.2 Å². The monoisotopic (exact) mass is 281 g/mol. The van der Waals surface area contributed by atoms with Crippen molar-refractivity contribution in [1.29, 1.82) is 0 Å². The van der Waals surface area contributed by atoms with Gasteiger partial charge < -0.3 is 10.1 Å². The lowest BCUT2D eigenvalue weighted by Crippen LogP contribution is -2.35. The van der Waals surface area contributed by atoms with Crippen molar-refractivity contribution < 1.29 is 9.53 Å². The summed E-state index contributed by atoms with van der Waals surface area (Å²) in [5, 5.41) is 2.93. The first-order chi connectivity index (χ1) is 10.1. The Hall–Kier alpha value is -2.29. The molecule has 0 saturated carbocycles. The van der Waals surface area contributed by atoms with Gasteiger partial charge >= 0.3 is 0 Å². The first-order valence-corrected chi connectivity index (χ1v) is 7.25. The lowest BCUT2D eigenvalue weighted by molar-refractivity contribution is -0.123. The minimum Gasteiger partial charge on any atom is -0.480 e. The average molecular weight is 281 g/mol. The Morgan fingerprint density at radius 3 is 2.76 bits per heavy atom. The fourth-order valence-electron chi connectivity index (χ4n) is 2.61. The number of carbonyl (C=O) groups excluding carboxylic acids is 1. The zero-order chi connectivity index (χ0) is 14.8. The number of carbonyl (C=O) groups is 1. The molecule has 1 amide bonds. The van der Waals surface area contributed by atoms with Crippen molar-refractivity contribution in [2.24, 2.45) is 0 Å². The van der Waals surface area contributed by atoms with Gasteiger partial charge in [-0.25, -0.2) is 0 Å². The Kier molecular flexibility index (Phi) is 3.65. The van der Waals surface area contributed by atoms with Crippen LogP contribution in [-0.2, 0) is 11.2 Å². The number of rotatable bonds is 2. The fourth-order valence-corrected chi connectivity index (χ4v) is 2.61. The maximum Gasteiger partial charge on any atom is 0.265 e. The first kappa shape index (κ1) is 13.7. The van der Waals surface area contributed by atoms with Crippen LogP contribution in [0.5, 0.6) is 5.75 Å². The third kappa shape index (κ3) is 3.07. The molecule has 2 aromatic rings. The SMILES string of the molecule is Cc1cccc(NC(=O)C2CCc3ccc(C)cc3O2)c1. The molecule has 0 aliphatic carbocycles. The number of ether oxygens (including phenoxy) is 1. The number of benzene rings is 2. The average Bonchev–Trinajstić information content (AvgIpc) is 2.46. The van der Waals surface area contributed by atoms with E-state index in [1.165, 1.54) is 5.56 Å². The van der Waals surface area contributed by atoms with Crippen molar-refractivity contribution in [1.82, 2.24) is 0 Å². The zero-order valence-electron chi connectivity index (χ0n) is 12.3. The van der Waals surface area contributed by atoms with Gasteiger partial charge in [0.05, 0.1) is 0 Å². The van der Waals surface area contributed by atoms with Crippen LogP contribution >= 0.6 is 0 Å². The van der Waals surface area contributed by atoms with Crippen molar-refractivity contribution >= 4 is 11.6 Å². The van der Waals surface area contributed by atoms with Crippen LogP contribution in [0.4, 0.5) is 5.69 Å². The van der Waals surface area contributed by atoms with Gasteiger partial charge in [-0.1, -0.05) is 24.3 Å². The minimum atomic E-state index is -0.417. The standard InChI is InChI=1S/C18H19NO2/c1-12-4-3-5-15(10-12)19-18(20)16-9-8-14-7-6-13(2)11-17(14)21-16/h3-7,10-11,16H,8-9H2,1-2H3,(H,19,20). The number of amides is 1. The van der Waals surface area contributed by atoms with Gasteiger partial charge in [0.25, 0.3) is 5.91 Å². The van der Waals surface area contributed by atoms with Crippen LogP contribution in [-0.4, -0.2) is 12.0 Å². The molecule has 1 aliphatic heterocycles. The van der Waals surface area contributed by atoms with Gasteiger partial charge in [0.15, 0.2) is 6.10 Å². The molecule has 108 valence electrons. The number of hydrogen-bond acceptors (Lipinski definition) is 2. The Balaban J connectivity index is 1.72. The molecular weight excluding hydrogens is 262 g/mol. The second kappa shape index (κ2) is 5.60. The highest BCUT2D eigenvalue weighted by Gasteiger charge is 2.26. The van der Waals surface area contributed by atoms with Crippen LogP contribution in [0.3, 0.4) is 0 Å². The summed E-state index contributed by atoms with van der Waals surface area (Å²) < 4.78 is 5.86. The molecular formula is C18H19NO2. The van der Waals surface area contributed by atoms with Gasteiger partial charge in [0.2, 0.25) is 0 Å². The van der Waals surface area contributed by atoms with Gasteiger partial charge in [-0.3, -0.25) is 4.79 Å². The predicted octanol–water partition coefficient (Wildman–Crippen LogP) is 3.64. The summed E-state index contributed by atoms with van der Waals surface area (Å²) in [5.41, 5.74) is 4.27. The molecule has 0 spiro atoms. The summed E-state index contributed by atoms with van der Waals surface area (Å²) >= 11 is 0. The van der Waals surface area contributed by atoms with Crippen molar-refractivity contribution in [2.75, 3.05) is 5.32 Å². The van der Waals surface area contributed by atoms with E-state index in [-0.39, 0.29) is 5.91 Å². The summed E-state index contributed by atoms with van der Waals surface area (Å²) in [6.45, 7) is 4.03. The molecule has 21 heavy (non-hydrogen) atoms. The van der Waals surface area contributed by atoms with Gasteiger partial charge in [-0.2, -0.15) is 0 Å². The van der Waals surface area contributed by atoms with Crippen LogP contribution in [0.15, 0.2) is 42.5 Å². The molecule has 2 aromatic carbocycles. The van der Waals surface area contributed by atoms with Gasteiger partial charge in [-0.05, 0) is 61.6 Å². The van der Waals surface area contributed by atoms with E-state index in [2.05, 4.69) is 17.4 Å². The molecule has 3 heteroatoms. The summed E-state index contributed by atoms with van der Waals surface area (Å²) in [6, 6.07) is 14.0. The molecule has 0 aromatic heterocycles. The summed E-state index contributed by atoms with van der Waals surface area (Å²) in [7, 11) is 0. The maximum atomic E-state index is 12.3. The molecule has 3 nitrogen and oxygen atoms in total. The molecule has 1 N–H and O–H groups in total. The predicted molar refractivity (Wildman–Crippen MR) is 83.7 cm³/mol. The zero-order valence-corrected chi connectivity index (χ0v) is 12.3. The highest BCUT2D eigenvalue weighted by molar-refractivity contribution is 5.94. The summed E-state index contributed by atoms with van der Waals surface area (Å²) in [4.78, 5) is 12.3. The maximum absolute atomic E-state index is 12.3. The normalized spacial score (nSPS) is 16.8. The highest BCUT2D eigenvalue weighted by atomic mass is 16.5. The molecule has 0 saturated heterocycles. The number of anilines is 1. The first-order valence-electron chi connectivity index (χ1n) is 7.25. The molecule has 0 radical (unpaired) electrons.